The van der Waals surface area contributed by atoms with Crippen molar-refractivity contribution in [3.8, 4) is 11.5 Å². The number of nitrogens with zero attached hydrogens (tertiary/aromatic N) is 3. The molecule has 2 aliphatic rings. The molecule has 1 fully saturated rings. The van der Waals surface area contributed by atoms with Gasteiger partial charge in [-0.3, -0.25) is 9.48 Å². The van der Waals surface area contributed by atoms with E-state index in [1.807, 2.05) is 40.0 Å². The topological polar surface area (TPSA) is 56.6 Å². The Morgan fingerprint density at radius 3 is 3.12 bits per heavy atom. The summed E-state index contributed by atoms with van der Waals surface area (Å²) in [5.74, 6) is 1.69. The van der Waals surface area contributed by atoms with Gasteiger partial charge < -0.3 is 14.4 Å². The van der Waals surface area contributed by atoms with Crippen molar-refractivity contribution in [1.82, 2.24) is 14.7 Å². The van der Waals surface area contributed by atoms with E-state index in [2.05, 4.69) is 5.10 Å². The summed E-state index contributed by atoms with van der Waals surface area (Å²) < 4.78 is 13.0. The van der Waals surface area contributed by atoms with Crippen LogP contribution < -0.4 is 9.47 Å². The number of rotatable bonds is 3. The van der Waals surface area contributed by atoms with Gasteiger partial charge in [-0.05, 0) is 37.0 Å². The van der Waals surface area contributed by atoms with E-state index in [0.29, 0.717) is 6.61 Å². The van der Waals surface area contributed by atoms with Gasteiger partial charge in [0.15, 0.2) is 0 Å². The van der Waals surface area contributed by atoms with Crippen LogP contribution in [-0.4, -0.2) is 47.4 Å². The zero-order valence-electron chi connectivity index (χ0n) is 14.4. The molecule has 4 rings (SSSR count). The molecular weight excluding hydrogens is 318 g/mol. The predicted molar refractivity (Wildman–Crippen MR) is 92.8 cm³/mol. The molecule has 0 aliphatic carbocycles. The van der Waals surface area contributed by atoms with E-state index in [4.69, 9.17) is 9.47 Å². The summed E-state index contributed by atoms with van der Waals surface area (Å²) in [5.41, 5.74) is 1.08. The molecule has 0 spiro atoms. The fourth-order valence-corrected chi connectivity index (χ4v) is 3.76. The van der Waals surface area contributed by atoms with Gasteiger partial charge in [-0.15, -0.1) is 0 Å². The second-order valence-corrected chi connectivity index (χ2v) is 6.75. The maximum atomic E-state index is 13.0. The van der Waals surface area contributed by atoms with Crippen LogP contribution in [-0.2, 0) is 11.2 Å². The van der Waals surface area contributed by atoms with Crippen LogP contribution in [0, 0.1) is 5.92 Å². The molecule has 0 radical (unpaired) electrons. The number of fused-ring (bicyclic) bond motifs is 1. The van der Waals surface area contributed by atoms with Gasteiger partial charge in [0.25, 0.3) is 0 Å². The highest BCUT2D eigenvalue weighted by atomic mass is 16.5. The van der Waals surface area contributed by atoms with Crippen LogP contribution in [0.2, 0.25) is 0 Å². The number of piperidine rings is 1. The molecule has 0 bridgehead atoms. The quantitative estimate of drug-likeness (QED) is 0.860. The van der Waals surface area contributed by atoms with Crippen molar-refractivity contribution in [3.63, 3.8) is 0 Å². The second kappa shape index (κ2) is 6.78. The van der Waals surface area contributed by atoms with Crippen molar-refractivity contribution >= 4 is 5.91 Å². The largest absolute Gasteiger partial charge is 0.497 e. The summed E-state index contributed by atoms with van der Waals surface area (Å²) in [6, 6.07) is 8.01. The Labute approximate surface area is 147 Å². The predicted octanol–water partition coefficient (Wildman–Crippen LogP) is 2.31. The highest BCUT2D eigenvalue weighted by Crippen LogP contribution is 2.32. The molecule has 2 aromatic rings. The average Bonchev–Trinajstić information content (AvgIpc) is 3.21. The molecule has 2 aliphatic heterocycles. The van der Waals surface area contributed by atoms with E-state index in [-0.39, 0.29) is 17.9 Å². The van der Waals surface area contributed by atoms with Gasteiger partial charge >= 0.3 is 0 Å². The number of aromatic nitrogens is 2. The first kappa shape index (κ1) is 16.0. The molecule has 1 aromatic heterocycles. The van der Waals surface area contributed by atoms with Crippen LogP contribution in [0.4, 0.5) is 0 Å². The molecular formula is C19H23N3O3. The van der Waals surface area contributed by atoms with Crippen molar-refractivity contribution < 1.29 is 14.3 Å². The zero-order chi connectivity index (χ0) is 17.2. The Morgan fingerprint density at radius 1 is 1.40 bits per heavy atom. The van der Waals surface area contributed by atoms with E-state index in [0.717, 1.165) is 49.4 Å². The van der Waals surface area contributed by atoms with Gasteiger partial charge in [-0.1, -0.05) is 6.07 Å². The molecule has 25 heavy (non-hydrogen) atoms. The van der Waals surface area contributed by atoms with Gasteiger partial charge in [-0.25, -0.2) is 0 Å². The minimum atomic E-state index is -0.114. The van der Waals surface area contributed by atoms with Gasteiger partial charge in [-0.2, -0.15) is 5.10 Å². The summed E-state index contributed by atoms with van der Waals surface area (Å²) in [7, 11) is 1.64. The van der Waals surface area contributed by atoms with Crippen molar-refractivity contribution in [2.75, 3.05) is 26.8 Å². The molecule has 132 valence electrons. The number of benzene rings is 1. The van der Waals surface area contributed by atoms with Crippen molar-refractivity contribution in [2.24, 2.45) is 5.92 Å². The first-order valence-electron chi connectivity index (χ1n) is 8.82. The summed E-state index contributed by atoms with van der Waals surface area (Å²) in [6.07, 6.45) is 6.57. The lowest BCUT2D eigenvalue weighted by Gasteiger charge is -2.36. The molecule has 3 heterocycles. The van der Waals surface area contributed by atoms with E-state index in [1.165, 1.54) is 0 Å². The zero-order valence-corrected chi connectivity index (χ0v) is 14.4. The lowest BCUT2D eigenvalue weighted by Crippen LogP contribution is -2.46. The molecule has 2 atom stereocenters. The summed E-state index contributed by atoms with van der Waals surface area (Å²) in [6.45, 7) is 1.98. The van der Waals surface area contributed by atoms with E-state index in [9.17, 15) is 4.79 Å². The first-order valence-corrected chi connectivity index (χ1v) is 8.82. The van der Waals surface area contributed by atoms with Gasteiger partial charge in [0, 0.05) is 31.5 Å². The Balaban J connectivity index is 1.44. The third kappa shape index (κ3) is 3.21. The average molecular weight is 341 g/mol. The highest BCUT2D eigenvalue weighted by Gasteiger charge is 2.32. The summed E-state index contributed by atoms with van der Waals surface area (Å²) in [4.78, 5) is 15.0. The van der Waals surface area contributed by atoms with Crippen LogP contribution in [0.5, 0.6) is 11.5 Å². The van der Waals surface area contributed by atoms with Crippen LogP contribution in [0.1, 0.15) is 24.4 Å². The highest BCUT2D eigenvalue weighted by molar-refractivity contribution is 5.80. The number of hydrogen-bond donors (Lipinski definition) is 0. The SMILES string of the molecule is COc1ccc2c(c1)OC[C@H](C(=O)N1CCC[C@@H](n3cccn3)C1)C2. The number of carbonyl (C=O) groups excluding carboxylic acids is 1. The number of ether oxygens (including phenoxy) is 2. The monoisotopic (exact) mass is 341 g/mol. The maximum Gasteiger partial charge on any atom is 0.229 e. The molecule has 0 saturated carbocycles. The van der Waals surface area contributed by atoms with Gasteiger partial charge in [0.2, 0.25) is 5.91 Å². The van der Waals surface area contributed by atoms with Gasteiger partial charge in [0.1, 0.15) is 18.1 Å². The fourth-order valence-electron chi connectivity index (χ4n) is 3.76. The Bertz CT molecular complexity index is 744. The molecule has 1 amide bonds. The number of likely N-dealkylation sites (tertiary alicyclic amines) is 1. The second-order valence-electron chi connectivity index (χ2n) is 6.75. The lowest BCUT2D eigenvalue weighted by atomic mass is 9.94. The van der Waals surface area contributed by atoms with E-state index < -0.39 is 0 Å². The Morgan fingerprint density at radius 2 is 2.32 bits per heavy atom. The molecule has 1 aromatic carbocycles. The summed E-state index contributed by atoms with van der Waals surface area (Å²) in [5, 5.41) is 4.33. The van der Waals surface area contributed by atoms with E-state index >= 15 is 0 Å². The molecule has 0 N–H and O–H groups in total. The Kier molecular flexibility index (Phi) is 4.34. The van der Waals surface area contributed by atoms with Crippen LogP contribution >= 0.6 is 0 Å². The number of amides is 1. The number of methoxy groups -OCH3 is 1. The Hall–Kier alpha value is -2.50. The van der Waals surface area contributed by atoms with Crippen LogP contribution in [0.3, 0.4) is 0 Å². The molecule has 0 unspecified atom stereocenters. The number of hydrogen-bond acceptors (Lipinski definition) is 4. The molecule has 6 heteroatoms. The van der Waals surface area contributed by atoms with Crippen molar-refractivity contribution in [3.05, 3.63) is 42.2 Å². The first-order chi connectivity index (χ1) is 12.2. The van der Waals surface area contributed by atoms with Gasteiger partial charge in [0.05, 0.1) is 19.1 Å². The summed E-state index contributed by atoms with van der Waals surface area (Å²) >= 11 is 0. The number of carbonyl (C=O) groups is 1. The maximum absolute atomic E-state index is 13.0. The minimum absolute atomic E-state index is 0.114. The van der Waals surface area contributed by atoms with Crippen LogP contribution in [0.25, 0.3) is 0 Å². The molecule has 6 nitrogen and oxygen atoms in total. The fraction of sp³-hybridized carbons (Fsp3) is 0.474. The van der Waals surface area contributed by atoms with Crippen LogP contribution in [0.15, 0.2) is 36.7 Å². The normalized spacial score (nSPS) is 22.8. The van der Waals surface area contributed by atoms with E-state index in [1.54, 1.807) is 13.3 Å². The van der Waals surface area contributed by atoms with Crippen molar-refractivity contribution in [2.45, 2.75) is 25.3 Å². The van der Waals surface area contributed by atoms with Crippen molar-refractivity contribution in [1.29, 1.82) is 0 Å². The minimum Gasteiger partial charge on any atom is -0.497 e. The standard InChI is InChI=1S/C19H23N3O3/c1-24-17-6-5-14-10-15(13-25-18(14)11-17)19(23)21-8-2-4-16(12-21)22-9-3-7-20-22/h3,5-7,9,11,15-16H,2,4,8,10,12-13H2,1H3/t15-,16-/m1/s1. The third-order valence-corrected chi connectivity index (χ3v) is 5.14. The lowest BCUT2D eigenvalue weighted by molar-refractivity contribution is -0.138. The molecule has 1 saturated heterocycles. The smallest absolute Gasteiger partial charge is 0.229 e. The third-order valence-electron chi connectivity index (χ3n) is 5.14.